The van der Waals surface area contributed by atoms with Crippen LogP contribution in [0.4, 0.5) is 4.79 Å². The first-order chi connectivity index (χ1) is 12.0. The molecule has 2 saturated heterocycles. The van der Waals surface area contributed by atoms with Crippen molar-refractivity contribution in [3.63, 3.8) is 0 Å². The second-order valence-corrected chi connectivity index (χ2v) is 6.77. The third kappa shape index (κ3) is 3.63. The maximum atomic E-state index is 12.5. The van der Waals surface area contributed by atoms with Crippen molar-refractivity contribution in [2.24, 2.45) is 0 Å². The summed E-state index contributed by atoms with van der Waals surface area (Å²) in [6.45, 7) is 1.09. The first-order valence-corrected chi connectivity index (χ1v) is 8.71. The summed E-state index contributed by atoms with van der Waals surface area (Å²) in [6, 6.07) is 4.61. The maximum absolute atomic E-state index is 12.5. The first-order valence-electron chi connectivity index (χ1n) is 7.90. The second kappa shape index (κ2) is 7.18. The minimum Gasteiger partial charge on any atom is -0.507 e. The number of benzene rings is 1. The van der Waals surface area contributed by atoms with E-state index in [2.05, 4.69) is 0 Å². The normalized spacial score (nSPS) is 19.2. The van der Waals surface area contributed by atoms with E-state index in [1.54, 1.807) is 17.0 Å². The maximum Gasteiger partial charge on any atom is 0.294 e. The zero-order chi connectivity index (χ0) is 18.0. The molecule has 1 N–H and O–H groups in total. The molecule has 2 fully saturated rings. The summed E-state index contributed by atoms with van der Waals surface area (Å²) in [5, 5.41) is 9.44. The van der Waals surface area contributed by atoms with E-state index in [1.165, 1.54) is 19.3 Å². The van der Waals surface area contributed by atoms with Crippen LogP contribution in [0.2, 0.25) is 0 Å². The van der Waals surface area contributed by atoms with Gasteiger partial charge in [-0.3, -0.25) is 19.3 Å². The molecule has 0 bridgehead atoms. The number of carbonyl (C=O) groups excluding carboxylic acids is 3. The Hall–Kier alpha value is -2.48. The number of imide groups is 1. The molecule has 132 valence electrons. The number of thioether (sulfide) groups is 1. The molecule has 0 radical (unpaired) electrons. The average molecular weight is 362 g/mol. The van der Waals surface area contributed by atoms with Crippen molar-refractivity contribution in [3.8, 4) is 11.5 Å². The Kier molecular flexibility index (Phi) is 4.98. The lowest BCUT2D eigenvalue weighted by molar-refractivity contribution is -0.135. The van der Waals surface area contributed by atoms with Gasteiger partial charge in [0, 0.05) is 18.7 Å². The predicted molar refractivity (Wildman–Crippen MR) is 93.1 cm³/mol. The fourth-order valence-corrected chi connectivity index (χ4v) is 3.58. The first kappa shape index (κ1) is 17.3. The van der Waals surface area contributed by atoms with Crippen LogP contribution in [-0.4, -0.2) is 58.7 Å². The van der Waals surface area contributed by atoms with Crippen LogP contribution in [0.5, 0.6) is 11.5 Å². The summed E-state index contributed by atoms with van der Waals surface area (Å²) >= 11 is 0.759. The third-order valence-electron chi connectivity index (χ3n) is 4.15. The topological polar surface area (TPSA) is 87.2 Å². The number of rotatable bonds is 4. The van der Waals surface area contributed by atoms with Crippen LogP contribution >= 0.6 is 11.8 Å². The summed E-state index contributed by atoms with van der Waals surface area (Å²) in [6.07, 6.45) is 3.33. The van der Waals surface area contributed by atoms with Crippen LogP contribution < -0.4 is 4.74 Å². The van der Waals surface area contributed by atoms with Gasteiger partial charge in [0.05, 0.1) is 12.0 Å². The van der Waals surface area contributed by atoms with Crippen LogP contribution in [0.3, 0.4) is 0 Å². The molecule has 7 nitrogen and oxygen atoms in total. The Bertz CT molecular complexity index is 755. The number of carbonyl (C=O) groups is 3. The lowest BCUT2D eigenvalue weighted by Crippen LogP contribution is -2.40. The second-order valence-electron chi connectivity index (χ2n) is 5.78. The molecule has 0 spiro atoms. The van der Waals surface area contributed by atoms with Gasteiger partial charge in [-0.15, -0.1) is 0 Å². The number of hydrogen-bond donors (Lipinski definition) is 1. The van der Waals surface area contributed by atoms with E-state index in [-0.39, 0.29) is 23.1 Å². The summed E-state index contributed by atoms with van der Waals surface area (Å²) in [5.74, 6) is -0.247. The number of hydrogen-bond acceptors (Lipinski definition) is 6. The lowest BCUT2D eigenvalue weighted by Gasteiger charge is -2.18. The minimum atomic E-state index is -0.523. The van der Waals surface area contributed by atoms with Gasteiger partial charge in [-0.25, -0.2) is 0 Å². The smallest absolute Gasteiger partial charge is 0.294 e. The van der Waals surface area contributed by atoms with E-state index in [4.69, 9.17) is 4.74 Å². The third-order valence-corrected chi connectivity index (χ3v) is 5.05. The average Bonchev–Trinajstić information content (AvgIpc) is 3.22. The summed E-state index contributed by atoms with van der Waals surface area (Å²) < 4.78 is 5.09. The molecule has 1 aromatic carbocycles. The van der Waals surface area contributed by atoms with E-state index in [0.717, 1.165) is 29.5 Å². The van der Waals surface area contributed by atoms with Crippen LogP contribution in [0.1, 0.15) is 18.4 Å². The number of phenolic OH excluding ortho intramolecular Hbond substituents is 1. The van der Waals surface area contributed by atoms with Gasteiger partial charge >= 0.3 is 0 Å². The van der Waals surface area contributed by atoms with Gasteiger partial charge < -0.3 is 14.7 Å². The molecule has 8 heteroatoms. The zero-order valence-electron chi connectivity index (χ0n) is 13.7. The molecule has 1 aromatic rings. The lowest BCUT2D eigenvalue weighted by atomic mass is 10.1. The van der Waals surface area contributed by atoms with E-state index in [1.807, 2.05) is 0 Å². The van der Waals surface area contributed by atoms with Crippen molar-refractivity contribution in [1.29, 1.82) is 0 Å². The highest BCUT2D eigenvalue weighted by Crippen LogP contribution is 2.34. The molecule has 3 amide bonds. The van der Waals surface area contributed by atoms with Crippen LogP contribution in [0, 0.1) is 0 Å². The molecule has 0 aliphatic carbocycles. The molecule has 3 rings (SSSR count). The number of likely N-dealkylation sites (tertiary alicyclic amines) is 1. The quantitative estimate of drug-likeness (QED) is 0.825. The van der Waals surface area contributed by atoms with Crippen LogP contribution in [0.25, 0.3) is 6.08 Å². The van der Waals surface area contributed by atoms with Crippen molar-refractivity contribution >= 4 is 34.9 Å². The Balaban J connectivity index is 1.77. The summed E-state index contributed by atoms with van der Waals surface area (Å²) in [7, 11) is 1.49. The van der Waals surface area contributed by atoms with Crippen molar-refractivity contribution < 1.29 is 24.2 Å². The fourth-order valence-electron chi connectivity index (χ4n) is 2.75. The molecule has 25 heavy (non-hydrogen) atoms. The highest BCUT2D eigenvalue weighted by Gasteiger charge is 2.37. The van der Waals surface area contributed by atoms with E-state index in [0.29, 0.717) is 24.4 Å². The number of nitrogens with zero attached hydrogens (tertiary/aromatic N) is 2. The highest BCUT2D eigenvalue weighted by atomic mass is 32.2. The number of ether oxygens (including phenoxy) is 1. The highest BCUT2D eigenvalue weighted by molar-refractivity contribution is 8.18. The van der Waals surface area contributed by atoms with Crippen molar-refractivity contribution in [2.75, 3.05) is 26.7 Å². The Morgan fingerprint density at radius 1 is 1.32 bits per heavy atom. The molecule has 0 saturated carbocycles. The number of phenols is 1. The molecular formula is C17H18N2O5S. The van der Waals surface area contributed by atoms with Crippen molar-refractivity contribution in [2.45, 2.75) is 12.8 Å². The van der Waals surface area contributed by atoms with E-state index >= 15 is 0 Å². The SMILES string of the molecule is COc1ccc(O)c(/C=C2\SC(=O)N(CC(=O)N3CCCC3)C2=O)c1. The molecule has 0 atom stereocenters. The standard InChI is InChI=1S/C17H18N2O5S/c1-24-12-4-5-13(20)11(8-12)9-14-16(22)19(17(23)25-14)10-15(21)18-6-2-3-7-18/h4-5,8-9,20H,2-3,6-7,10H2,1H3/b14-9-. The van der Waals surface area contributed by atoms with Crippen molar-refractivity contribution in [3.05, 3.63) is 28.7 Å². The summed E-state index contributed by atoms with van der Waals surface area (Å²) in [4.78, 5) is 39.6. The Morgan fingerprint density at radius 2 is 2.04 bits per heavy atom. The molecule has 2 heterocycles. The molecular weight excluding hydrogens is 344 g/mol. The number of methoxy groups -OCH3 is 1. The molecule has 2 aliphatic rings. The molecule has 2 aliphatic heterocycles. The number of amides is 3. The van der Waals surface area contributed by atoms with Gasteiger partial charge in [-0.1, -0.05) is 0 Å². The minimum absolute atomic E-state index is 0.0271. The Morgan fingerprint density at radius 3 is 2.72 bits per heavy atom. The van der Waals surface area contributed by atoms with Crippen LogP contribution in [-0.2, 0) is 9.59 Å². The van der Waals surface area contributed by atoms with Crippen LogP contribution in [0.15, 0.2) is 23.1 Å². The monoisotopic (exact) mass is 362 g/mol. The zero-order valence-corrected chi connectivity index (χ0v) is 14.5. The largest absolute Gasteiger partial charge is 0.507 e. The van der Waals surface area contributed by atoms with Gasteiger partial charge in [-0.2, -0.15) is 0 Å². The van der Waals surface area contributed by atoms with Gasteiger partial charge in [0.25, 0.3) is 11.1 Å². The molecule has 0 aromatic heterocycles. The van der Waals surface area contributed by atoms with E-state index < -0.39 is 11.1 Å². The van der Waals surface area contributed by atoms with Crippen molar-refractivity contribution in [1.82, 2.24) is 9.80 Å². The predicted octanol–water partition coefficient (Wildman–Crippen LogP) is 2.06. The van der Waals surface area contributed by atoms with Gasteiger partial charge in [0.15, 0.2) is 0 Å². The fraction of sp³-hybridized carbons (Fsp3) is 0.353. The number of aromatic hydroxyl groups is 1. The Labute approximate surface area is 149 Å². The van der Waals surface area contributed by atoms with Gasteiger partial charge in [0.1, 0.15) is 18.0 Å². The molecule has 0 unspecified atom stereocenters. The van der Waals surface area contributed by atoms with Gasteiger partial charge in [0.2, 0.25) is 5.91 Å². The van der Waals surface area contributed by atoms with Gasteiger partial charge in [-0.05, 0) is 48.9 Å². The summed E-state index contributed by atoms with van der Waals surface area (Å²) in [5.41, 5.74) is 0.371. The van der Waals surface area contributed by atoms with E-state index in [9.17, 15) is 19.5 Å².